The summed E-state index contributed by atoms with van der Waals surface area (Å²) >= 11 is 0. The Bertz CT molecular complexity index is 366. The summed E-state index contributed by atoms with van der Waals surface area (Å²) in [4.78, 5) is 0. The molecule has 0 saturated carbocycles. The fourth-order valence-corrected chi connectivity index (χ4v) is 1.38. The van der Waals surface area contributed by atoms with Crippen molar-refractivity contribution < 1.29 is 14.6 Å². The van der Waals surface area contributed by atoms with Gasteiger partial charge in [-0.2, -0.15) is 0 Å². The number of aliphatic hydroxyl groups excluding tert-OH is 1. The van der Waals surface area contributed by atoms with Crippen LogP contribution in [0.5, 0.6) is 11.5 Å². The zero-order chi connectivity index (χ0) is 12.7. The van der Waals surface area contributed by atoms with Crippen molar-refractivity contribution >= 4 is 0 Å². The molecule has 17 heavy (non-hydrogen) atoms. The molecule has 0 heterocycles. The highest BCUT2D eigenvalue weighted by molar-refractivity contribution is 5.43. The van der Waals surface area contributed by atoms with Gasteiger partial charge in [0.1, 0.15) is 12.7 Å². The summed E-state index contributed by atoms with van der Waals surface area (Å²) < 4.78 is 10.7. The fourth-order valence-electron chi connectivity index (χ4n) is 1.38. The maximum absolute atomic E-state index is 9.32. The lowest BCUT2D eigenvalue weighted by Crippen LogP contribution is -2.26. The molecular weight excluding hydrogens is 218 g/mol. The number of aliphatic hydroxyl groups is 1. The molecule has 1 atom stereocenters. The number of nitrogens with two attached hydrogens (primary N) is 1. The summed E-state index contributed by atoms with van der Waals surface area (Å²) in [7, 11) is 1.58. The first kappa shape index (κ1) is 13.5. The van der Waals surface area contributed by atoms with Crippen molar-refractivity contribution in [3.05, 3.63) is 36.4 Å². The van der Waals surface area contributed by atoms with Gasteiger partial charge in [0, 0.05) is 6.54 Å². The number of rotatable bonds is 7. The van der Waals surface area contributed by atoms with E-state index in [0.29, 0.717) is 11.5 Å². The third-order valence-corrected chi connectivity index (χ3v) is 2.31. The molecule has 0 amide bonds. The van der Waals surface area contributed by atoms with Crippen molar-refractivity contribution in [2.75, 3.05) is 20.3 Å². The molecule has 0 aliphatic heterocycles. The third-order valence-electron chi connectivity index (χ3n) is 2.31. The van der Waals surface area contributed by atoms with Crippen molar-refractivity contribution in [1.29, 1.82) is 0 Å². The molecular formula is C13H19NO3. The van der Waals surface area contributed by atoms with E-state index in [4.69, 9.17) is 15.2 Å². The van der Waals surface area contributed by atoms with E-state index in [9.17, 15) is 5.11 Å². The van der Waals surface area contributed by atoms with Crippen molar-refractivity contribution in [3.63, 3.8) is 0 Å². The number of methoxy groups -OCH3 is 1. The average Bonchev–Trinajstić information content (AvgIpc) is 2.36. The van der Waals surface area contributed by atoms with Crippen LogP contribution in [0.25, 0.3) is 0 Å². The SMILES string of the molecule is C=CCc1ccc(OCC(O)CN)c(OC)c1. The predicted molar refractivity (Wildman–Crippen MR) is 67.5 cm³/mol. The first-order valence-corrected chi connectivity index (χ1v) is 5.50. The maximum atomic E-state index is 9.32. The zero-order valence-corrected chi connectivity index (χ0v) is 10.1. The van der Waals surface area contributed by atoms with Crippen LogP contribution in [0.15, 0.2) is 30.9 Å². The van der Waals surface area contributed by atoms with Crippen LogP contribution in [-0.4, -0.2) is 31.5 Å². The standard InChI is InChI=1S/C13H19NO3/c1-3-4-10-5-6-12(13(7-10)16-2)17-9-11(15)8-14/h3,5-7,11,15H,1,4,8-9,14H2,2H3. The highest BCUT2D eigenvalue weighted by Crippen LogP contribution is 2.28. The van der Waals surface area contributed by atoms with Crippen LogP contribution >= 0.6 is 0 Å². The molecule has 0 aromatic heterocycles. The fraction of sp³-hybridized carbons (Fsp3) is 0.385. The highest BCUT2D eigenvalue weighted by atomic mass is 16.5. The average molecular weight is 237 g/mol. The summed E-state index contributed by atoms with van der Waals surface area (Å²) in [5.74, 6) is 1.25. The zero-order valence-electron chi connectivity index (χ0n) is 10.1. The van der Waals surface area contributed by atoms with Crippen LogP contribution in [-0.2, 0) is 6.42 Å². The van der Waals surface area contributed by atoms with Gasteiger partial charge in [0.25, 0.3) is 0 Å². The Labute approximate surface area is 102 Å². The molecule has 0 aliphatic rings. The molecule has 1 aromatic carbocycles. The van der Waals surface area contributed by atoms with Gasteiger partial charge in [0.2, 0.25) is 0 Å². The van der Waals surface area contributed by atoms with E-state index in [-0.39, 0.29) is 13.2 Å². The van der Waals surface area contributed by atoms with Gasteiger partial charge >= 0.3 is 0 Å². The molecule has 0 fully saturated rings. The van der Waals surface area contributed by atoms with Gasteiger partial charge < -0.3 is 20.3 Å². The summed E-state index contributed by atoms with van der Waals surface area (Å²) in [6, 6.07) is 5.65. The quantitative estimate of drug-likeness (QED) is 0.698. The number of allylic oxidation sites excluding steroid dienone is 1. The van der Waals surface area contributed by atoms with Crippen LogP contribution < -0.4 is 15.2 Å². The molecule has 1 unspecified atom stereocenters. The summed E-state index contributed by atoms with van der Waals surface area (Å²) in [6.07, 6.45) is 1.95. The van der Waals surface area contributed by atoms with Crippen LogP contribution in [0, 0.1) is 0 Å². The van der Waals surface area contributed by atoms with E-state index in [1.165, 1.54) is 0 Å². The molecule has 94 valence electrons. The lowest BCUT2D eigenvalue weighted by Gasteiger charge is -2.13. The van der Waals surface area contributed by atoms with E-state index in [1.807, 2.05) is 24.3 Å². The van der Waals surface area contributed by atoms with E-state index in [2.05, 4.69) is 6.58 Å². The Morgan fingerprint density at radius 1 is 1.47 bits per heavy atom. The molecule has 4 heteroatoms. The Morgan fingerprint density at radius 2 is 2.24 bits per heavy atom. The maximum Gasteiger partial charge on any atom is 0.161 e. The first-order chi connectivity index (χ1) is 8.21. The highest BCUT2D eigenvalue weighted by Gasteiger charge is 2.08. The van der Waals surface area contributed by atoms with Gasteiger partial charge in [0.05, 0.1) is 7.11 Å². The van der Waals surface area contributed by atoms with Crippen molar-refractivity contribution in [2.24, 2.45) is 5.73 Å². The van der Waals surface area contributed by atoms with E-state index in [1.54, 1.807) is 7.11 Å². The lowest BCUT2D eigenvalue weighted by atomic mass is 10.1. The summed E-state index contributed by atoms with van der Waals surface area (Å²) in [5, 5.41) is 9.32. The topological polar surface area (TPSA) is 64.7 Å². The minimum atomic E-state index is -0.660. The largest absolute Gasteiger partial charge is 0.493 e. The number of hydrogen-bond donors (Lipinski definition) is 2. The van der Waals surface area contributed by atoms with Crippen molar-refractivity contribution in [1.82, 2.24) is 0 Å². The van der Waals surface area contributed by atoms with Gasteiger partial charge in [-0.1, -0.05) is 12.1 Å². The van der Waals surface area contributed by atoms with E-state index >= 15 is 0 Å². The van der Waals surface area contributed by atoms with Gasteiger partial charge in [-0.3, -0.25) is 0 Å². The van der Waals surface area contributed by atoms with Gasteiger partial charge in [0.15, 0.2) is 11.5 Å². The Balaban J connectivity index is 2.74. The molecule has 0 aliphatic carbocycles. The Kier molecular flexibility index (Phi) is 5.52. The first-order valence-electron chi connectivity index (χ1n) is 5.50. The lowest BCUT2D eigenvalue weighted by molar-refractivity contribution is 0.112. The van der Waals surface area contributed by atoms with Gasteiger partial charge in [-0.05, 0) is 24.1 Å². The second-order valence-corrected chi connectivity index (χ2v) is 3.68. The summed E-state index contributed by atoms with van der Waals surface area (Å²) in [5.41, 5.74) is 6.40. The van der Waals surface area contributed by atoms with Crippen molar-refractivity contribution in [3.8, 4) is 11.5 Å². The molecule has 1 aromatic rings. The number of hydrogen-bond acceptors (Lipinski definition) is 4. The van der Waals surface area contributed by atoms with Crippen LogP contribution in [0.3, 0.4) is 0 Å². The molecule has 1 rings (SSSR count). The second kappa shape index (κ2) is 6.93. The molecule has 0 radical (unpaired) electrons. The monoisotopic (exact) mass is 237 g/mol. The van der Waals surface area contributed by atoms with Gasteiger partial charge in [-0.25, -0.2) is 0 Å². The van der Waals surface area contributed by atoms with Crippen LogP contribution in [0.4, 0.5) is 0 Å². The Hall–Kier alpha value is -1.52. The van der Waals surface area contributed by atoms with Crippen LogP contribution in [0.1, 0.15) is 5.56 Å². The smallest absolute Gasteiger partial charge is 0.161 e. The molecule has 0 bridgehead atoms. The Morgan fingerprint density at radius 3 is 2.82 bits per heavy atom. The van der Waals surface area contributed by atoms with E-state index in [0.717, 1.165) is 12.0 Å². The molecule has 0 saturated heterocycles. The number of benzene rings is 1. The minimum absolute atomic E-state index is 0.160. The van der Waals surface area contributed by atoms with Crippen molar-refractivity contribution in [2.45, 2.75) is 12.5 Å². The predicted octanol–water partition coefficient (Wildman–Crippen LogP) is 1.12. The minimum Gasteiger partial charge on any atom is -0.493 e. The van der Waals surface area contributed by atoms with Gasteiger partial charge in [-0.15, -0.1) is 6.58 Å². The number of ether oxygens (including phenoxy) is 2. The van der Waals surface area contributed by atoms with Crippen LogP contribution in [0.2, 0.25) is 0 Å². The van der Waals surface area contributed by atoms with E-state index < -0.39 is 6.10 Å². The molecule has 3 N–H and O–H groups in total. The normalized spacial score (nSPS) is 11.9. The summed E-state index contributed by atoms with van der Waals surface area (Å²) in [6.45, 7) is 4.02. The second-order valence-electron chi connectivity index (χ2n) is 3.68. The molecule has 4 nitrogen and oxygen atoms in total. The molecule has 0 spiro atoms. The third kappa shape index (κ3) is 4.09.